The number of alkyl halides is 3. The lowest BCUT2D eigenvalue weighted by Crippen LogP contribution is -2.17. The Balaban J connectivity index is 2.45. The first-order chi connectivity index (χ1) is 11.9. The molecule has 1 aromatic heterocycles. The third-order valence-electron chi connectivity index (χ3n) is 3.33. The molecule has 1 heterocycles. The van der Waals surface area contributed by atoms with Crippen molar-refractivity contribution in [1.82, 2.24) is 15.3 Å². The van der Waals surface area contributed by atoms with Crippen molar-refractivity contribution < 1.29 is 27.4 Å². The summed E-state index contributed by atoms with van der Waals surface area (Å²) in [7, 11) is 2.81. The average molecular weight is 358 g/mol. The number of hydrogen-bond donors (Lipinski definition) is 2. The van der Waals surface area contributed by atoms with Crippen LogP contribution in [0.3, 0.4) is 0 Å². The van der Waals surface area contributed by atoms with E-state index in [0.29, 0.717) is 37.1 Å². The monoisotopic (exact) mass is 358 g/mol. The van der Waals surface area contributed by atoms with Crippen molar-refractivity contribution in [3.63, 3.8) is 0 Å². The predicted octanol–water partition coefficient (Wildman–Crippen LogP) is 2.21. The SMILES string of the molecule is COc1cc2nc(C(F)(F)F)nc(NCCCNC=O)c2cc1OC. The van der Waals surface area contributed by atoms with Gasteiger partial charge < -0.3 is 20.1 Å². The maximum absolute atomic E-state index is 13.1. The fraction of sp³-hybridized carbons (Fsp3) is 0.400. The van der Waals surface area contributed by atoms with E-state index in [9.17, 15) is 18.0 Å². The third kappa shape index (κ3) is 4.40. The van der Waals surface area contributed by atoms with Gasteiger partial charge in [-0.2, -0.15) is 13.2 Å². The van der Waals surface area contributed by atoms with Crippen molar-refractivity contribution in [2.45, 2.75) is 12.6 Å². The smallest absolute Gasteiger partial charge is 0.451 e. The predicted molar refractivity (Wildman–Crippen MR) is 84.8 cm³/mol. The molecule has 0 saturated heterocycles. The summed E-state index contributed by atoms with van der Waals surface area (Å²) in [5.74, 6) is -0.600. The maximum Gasteiger partial charge on any atom is 0.451 e. The molecule has 7 nitrogen and oxygen atoms in total. The van der Waals surface area contributed by atoms with Gasteiger partial charge in [-0.1, -0.05) is 0 Å². The zero-order valence-electron chi connectivity index (χ0n) is 13.6. The zero-order valence-corrected chi connectivity index (χ0v) is 13.6. The van der Waals surface area contributed by atoms with Gasteiger partial charge in [-0.25, -0.2) is 9.97 Å². The van der Waals surface area contributed by atoms with Gasteiger partial charge in [-0.05, 0) is 12.5 Å². The Hall–Kier alpha value is -2.78. The Bertz CT molecular complexity index is 753. The van der Waals surface area contributed by atoms with E-state index in [-0.39, 0.29) is 17.1 Å². The summed E-state index contributed by atoms with van der Waals surface area (Å²) in [5, 5.41) is 5.68. The van der Waals surface area contributed by atoms with Gasteiger partial charge in [0.05, 0.1) is 19.7 Å². The summed E-state index contributed by atoms with van der Waals surface area (Å²) < 4.78 is 49.4. The average Bonchev–Trinajstić information content (AvgIpc) is 2.59. The van der Waals surface area contributed by atoms with Crippen LogP contribution in [0.2, 0.25) is 0 Å². The summed E-state index contributed by atoms with van der Waals surface area (Å²) >= 11 is 0. The van der Waals surface area contributed by atoms with Gasteiger partial charge in [0, 0.05) is 24.5 Å². The van der Waals surface area contributed by atoms with E-state index < -0.39 is 12.0 Å². The van der Waals surface area contributed by atoms with Crippen LogP contribution < -0.4 is 20.1 Å². The standard InChI is InChI=1S/C15H17F3N4O3/c1-24-11-6-9-10(7-12(11)25-2)21-14(15(16,17)18)22-13(9)20-5-3-4-19-8-23/h6-8H,3-5H2,1-2H3,(H,19,23)(H,20,21,22). The van der Waals surface area contributed by atoms with Crippen molar-refractivity contribution in [1.29, 1.82) is 0 Å². The number of nitrogens with one attached hydrogen (secondary N) is 2. The van der Waals surface area contributed by atoms with Crippen LogP contribution in [0.5, 0.6) is 11.5 Å². The molecule has 0 aliphatic heterocycles. The summed E-state index contributed by atoms with van der Waals surface area (Å²) in [6.45, 7) is 0.710. The van der Waals surface area contributed by atoms with Gasteiger partial charge >= 0.3 is 6.18 Å². The molecule has 0 aliphatic rings. The van der Waals surface area contributed by atoms with Gasteiger partial charge in [0.1, 0.15) is 5.82 Å². The molecule has 2 rings (SSSR count). The zero-order chi connectivity index (χ0) is 18.4. The van der Waals surface area contributed by atoms with Crippen LogP contribution in [0.25, 0.3) is 10.9 Å². The molecule has 1 aromatic carbocycles. The van der Waals surface area contributed by atoms with Crippen LogP contribution in [0.4, 0.5) is 19.0 Å². The molecule has 0 atom stereocenters. The van der Waals surface area contributed by atoms with Gasteiger partial charge in [0.25, 0.3) is 0 Å². The van der Waals surface area contributed by atoms with Crippen LogP contribution >= 0.6 is 0 Å². The normalized spacial score (nSPS) is 11.2. The molecule has 0 radical (unpaired) electrons. The second kappa shape index (κ2) is 7.86. The molecule has 1 amide bonds. The van der Waals surface area contributed by atoms with E-state index >= 15 is 0 Å². The third-order valence-corrected chi connectivity index (χ3v) is 3.33. The summed E-state index contributed by atoms with van der Waals surface area (Å²) in [5.41, 5.74) is 0.0773. The number of nitrogens with zero attached hydrogens (tertiary/aromatic N) is 2. The first-order valence-electron chi connectivity index (χ1n) is 7.32. The summed E-state index contributed by atoms with van der Waals surface area (Å²) in [6.07, 6.45) is -3.62. The number of rotatable bonds is 8. The highest BCUT2D eigenvalue weighted by Gasteiger charge is 2.35. The van der Waals surface area contributed by atoms with Gasteiger partial charge in [-0.3, -0.25) is 4.79 Å². The van der Waals surface area contributed by atoms with Gasteiger partial charge in [-0.15, -0.1) is 0 Å². The van der Waals surface area contributed by atoms with Crippen molar-refractivity contribution in [2.24, 2.45) is 0 Å². The van der Waals surface area contributed by atoms with E-state index in [1.807, 2.05) is 0 Å². The first-order valence-corrected chi connectivity index (χ1v) is 7.32. The quantitative estimate of drug-likeness (QED) is 0.556. The second-order valence-electron chi connectivity index (χ2n) is 4.97. The second-order valence-corrected chi connectivity index (χ2v) is 4.97. The van der Waals surface area contributed by atoms with E-state index in [1.165, 1.54) is 26.4 Å². The molecule has 2 aromatic rings. The Labute approximate surface area is 141 Å². The van der Waals surface area contributed by atoms with Crippen LogP contribution in [-0.4, -0.2) is 43.7 Å². The number of halogens is 3. The number of hydrogen-bond acceptors (Lipinski definition) is 6. The minimum atomic E-state index is -4.68. The molecule has 10 heteroatoms. The molecular formula is C15H17F3N4O3. The highest BCUT2D eigenvalue weighted by atomic mass is 19.4. The molecule has 0 unspecified atom stereocenters. The molecule has 0 bridgehead atoms. The number of aromatic nitrogens is 2. The Morgan fingerprint density at radius 3 is 2.40 bits per heavy atom. The molecule has 2 N–H and O–H groups in total. The van der Waals surface area contributed by atoms with Crippen LogP contribution in [-0.2, 0) is 11.0 Å². The number of fused-ring (bicyclic) bond motifs is 1. The number of anilines is 1. The first kappa shape index (κ1) is 18.6. The van der Waals surface area contributed by atoms with E-state index in [1.54, 1.807) is 0 Å². The van der Waals surface area contributed by atoms with Crippen molar-refractivity contribution >= 4 is 23.1 Å². The number of ether oxygens (including phenoxy) is 2. The Morgan fingerprint density at radius 1 is 1.12 bits per heavy atom. The molecule has 0 aliphatic carbocycles. The van der Waals surface area contributed by atoms with Crippen LogP contribution in [0.15, 0.2) is 12.1 Å². The van der Waals surface area contributed by atoms with E-state index in [2.05, 4.69) is 20.6 Å². The molecular weight excluding hydrogens is 341 g/mol. The fourth-order valence-corrected chi connectivity index (χ4v) is 2.17. The van der Waals surface area contributed by atoms with Gasteiger partial charge in [0.2, 0.25) is 12.2 Å². The molecule has 0 saturated carbocycles. The van der Waals surface area contributed by atoms with Crippen molar-refractivity contribution in [3.05, 3.63) is 18.0 Å². The Kier molecular flexibility index (Phi) is 5.84. The highest BCUT2D eigenvalue weighted by Crippen LogP contribution is 2.36. The minimum absolute atomic E-state index is 0.0318. The number of methoxy groups -OCH3 is 2. The number of carbonyl (C=O) groups excluding carboxylic acids is 1. The van der Waals surface area contributed by atoms with E-state index in [4.69, 9.17) is 9.47 Å². The largest absolute Gasteiger partial charge is 0.493 e. The van der Waals surface area contributed by atoms with Gasteiger partial charge in [0.15, 0.2) is 11.5 Å². The number of carbonyl (C=O) groups is 1. The number of amides is 1. The maximum atomic E-state index is 13.1. The molecule has 0 fully saturated rings. The minimum Gasteiger partial charge on any atom is -0.493 e. The highest BCUT2D eigenvalue weighted by molar-refractivity contribution is 5.91. The molecule has 25 heavy (non-hydrogen) atoms. The summed E-state index contributed by atoms with van der Waals surface area (Å²) in [4.78, 5) is 17.4. The van der Waals surface area contributed by atoms with Crippen molar-refractivity contribution in [2.75, 3.05) is 32.6 Å². The van der Waals surface area contributed by atoms with E-state index in [0.717, 1.165) is 0 Å². The van der Waals surface area contributed by atoms with Crippen LogP contribution in [0, 0.1) is 0 Å². The van der Waals surface area contributed by atoms with Crippen LogP contribution in [0.1, 0.15) is 12.2 Å². The lowest BCUT2D eigenvalue weighted by molar-refractivity contribution is -0.144. The lowest BCUT2D eigenvalue weighted by Gasteiger charge is -2.14. The fourth-order valence-electron chi connectivity index (χ4n) is 2.17. The lowest BCUT2D eigenvalue weighted by atomic mass is 10.2. The number of benzene rings is 1. The molecule has 136 valence electrons. The van der Waals surface area contributed by atoms with Crippen molar-refractivity contribution in [3.8, 4) is 11.5 Å². The topological polar surface area (TPSA) is 85.4 Å². The molecule has 0 spiro atoms. The summed E-state index contributed by atoms with van der Waals surface area (Å²) in [6, 6.07) is 2.88. The Morgan fingerprint density at radius 2 is 1.80 bits per heavy atom.